The van der Waals surface area contributed by atoms with Crippen LogP contribution in [0.1, 0.15) is 11.3 Å². The third-order valence-electron chi connectivity index (χ3n) is 3.66. The minimum Gasteiger partial charge on any atom is -0.497 e. The zero-order chi connectivity index (χ0) is 19.4. The van der Waals surface area contributed by atoms with Crippen LogP contribution < -0.4 is 15.4 Å². The molecule has 0 saturated heterocycles. The predicted molar refractivity (Wildman–Crippen MR) is 97.8 cm³/mol. The molecule has 2 aromatic carbocycles. The van der Waals surface area contributed by atoms with Gasteiger partial charge in [-0.25, -0.2) is 4.98 Å². The van der Waals surface area contributed by atoms with Crippen LogP contribution in [0.15, 0.2) is 54.6 Å². The van der Waals surface area contributed by atoms with E-state index in [0.29, 0.717) is 23.1 Å². The van der Waals surface area contributed by atoms with Gasteiger partial charge in [0.1, 0.15) is 11.6 Å². The Hall–Kier alpha value is -3.29. The van der Waals surface area contributed by atoms with Crippen molar-refractivity contribution in [1.82, 2.24) is 9.97 Å². The summed E-state index contributed by atoms with van der Waals surface area (Å²) in [7, 11) is 1.58. The Balaban J connectivity index is 1.81. The van der Waals surface area contributed by atoms with E-state index in [1.165, 1.54) is 6.07 Å². The summed E-state index contributed by atoms with van der Waals surface area (Å²) in [6.45, 7) is 1.78. The Morgan fingerprint density at radius 2 is 1.63 bits per heavy atom. The number of hydrogen-bond acceptors (Lipinski definition) is 5. The molecule has 1 aromatic heterocycles. The SMILES string of the molecule is COc1ccc(Nc2nc(C)cc(Nc3cccc(C(F)(F)F)c3)n2)cc1. The second kappa shape index (κ2) is 7.53. The first-order chi connectivity index (χ1) is 12.8. The molecule has 0 spiro atoms. The summed E-state index contributed by atoms with van der Waals surface area (Å²) in [6.07, 6.45) is -4.40. The van der Waals surface area contributed by atoms with Gasteiger partial charge in [0.05, 0.1) is 12.7 Å². The molecule has 8 heteroatoms. The molecule has 0 fully saturated rings. The highest BCUT2D eigenvalue weighted by Gasteiger charge is 2.30. The van der Waals surface area contributed by atoms with Crippen LogP contribution in [0.2, 0.25) is 0 Å². The van der Waals surface area contributed by atoms with E-state index in [4.69, 9.17) is 4.74 Å². The molecule has 0 unspecified atom stereocenters. The largest absolute Gasteiger partial charge is 0.497 e. The van der Waals surface area contributed by atoms with Crippen LogP contribution >= 0.6 is 0 Å². The molecule has 1 heterocycles. The van der Waals surface area contributed by atoms with Crippen molar-refractivity contribution in [2.24, 2.45) is 0 Å². The number of benzene rings is 2. The number of nitrogens with zero attached hydrogens (tertiary/aromatic N) is 2. The first-order valence-electron chi connectivity index (χ1n) is 8.04. The molecule has 3 aromatic rings. The fourth-order valence-corrected chi connectivity index (χ4v) is 2.41. The van der Waals surface area contributed by atoms with Crippen molar-refractivity contribution < 1.29 is 17.9 Å². The number of aromatic nitrogens is 2. The third kappa shape index (κ3) is 4.87. The number of ether oxygens (including phenoxy) is 1. The van der Waals surface area contributed by atoms with Crippen LogP contribution in [0, 0.1) is 6.92 Å². The minimum atomic E-state index is -4.40. The second-order valence-electron chi connectivity index (χ2n) is 5.78. The highest BCUT2D eigenvalue weighted by Crippen LogP contribution is 2.31. The highest BCUT2D eigenvalue weighted by molar-refractivity contribution is 5.61. The first-order valence-corrected chi connectivity index (χ1v) is 8.04. The van der Waals surface area contributed by atoms with Gasteiger partial charge in [0.2, 0.25) is 5.95 Å². The fourth-order valence-electron chi connectivity index (χ4n) is 2.41. The fraction of sp³-hybridized carbons (Fsp3) is 0.158. The maximum Gasteiger partial charge on any atom is 0.416 e. The Morgan fingerprint density at radius 3 is 2.30 bits per heavy atom. The number of halogens is 3. The predicted octanol–water partition coefficient (Wildman–Crippen LogP) is 5.30. The molecule has 0 bridgehead atoms. The molecule has 0 amide bonds. The van der Waals surface area contributed by atoms with Crippen LogP contribution in [0.25, 0.3) is 0 Å². The van der Waals surface area contributed by atoms with Crippen LogP contribution in [-0.4, -0.2) is 17.1 Å². The lowest BCUT2D eigenvalue weighted by Gasteiger charge is -2.12. The van der Waals surface area contributed by atoms with Gasteiger partial charge in [-0.05, 0) is 49.4 Å². The monoisotopic (exact) mass is 374 g/mol. The van der Waals surface area contributed by atoms with E-state index in [9.17, 15) is 13.2 Å². The van der Waals surface area contributed by atoms with E-state index in [-0.39, 0.29) is 0 Å². The van der Waals surface area contributed by atoms with Crippen molar-refractivity contribution in [3.63, 3.8) is 0 Å². The minimum absolute atomic E-state index is 0.290. The van der Waals surface area contributed by atoms with Gasteiger partial charge in [-0.2, -0.15) is 18.2 Å². The molecule has 27 heavy (non-hydrogen) atoms. The number of nitrogens with one attached hydrogen (secondary N) is 2. The van der Waals surface area contributed by atoms with Gasteiger partial charge in [-0.1, -0.05) is 6.07 Å². The van der Waals surface area contributed by atoms with Crippen LogP contribution in [0.4, 0.5) is 36.3 Å². The van der Waals surface area contributed by atoms with E-state index in [2.05, 4.69) is 20.6 Å². The average molecular weight is 374 g/mol. The summed E-state index contributed by atoms with van der Waals surface area (Å²) in [5, 5.41) is 5.95. The summed E-state index contributed by atoms with van der Waals surface area (Å²) in [5.74, 6) is 1.44. The molecule has 0 aliphatic rings. The average Bonchev–Trinajstić information content (AvgIpc) is 2.61. The Morgan fingerprint density at radius 1 is 0.889 bits per heavy atom. The molecule has 0 atom stereocenters. The van der Waals surface area contributed by atoms with Crippen molar-refractivity contribution >= 4 is 23.1 Å². The normalized spacial score (nSPS) is 11.1. The first kappa shape index (κ1) is 18.5. The standard InChI is InChI=1S/C19H17F3N4O/c1-12-10-17(24-15-5-3-4-13(11-15)19(20,21)22)26-18(23-12)25-14-6-8-16(27-2)9-7-14/h3-11H,1-2H3,(H2,23,24,25,26). The zero-order valence-corrected chi connectivity index (χ0v) is 14.6. The molecule has 2 N–H and O–H groups in total. The Kier molecular flexibility index (Phi) is 5.16. The third-order valence-corrected chi connectivity index (χ3v) is 3.66. The van der Waals surface area contributed by atoms with Crippen molar-refractivity contribution in [2.75, 3.05) is 17.7 Å². The lowest BCUT2D eigenvalue weighted by Crippen LogP contribution is -2.06. The van der Waals surface area contributed by atoms with Crippen molar-refractivity contribution in [3.8, 4) is 5.75 Å². The number of methoxy groups -OCH3 is 1. The van der Waals surface area contributed by atoms with Crippen LogP contribution in [0.3, 0.4) is 0 Å². The lowest BCUT2D eigenvalue weighted by atomic mass is 10.2. The molecule has 0 aliphatic heterocycles. The molecule has 140 valence electrons. The zero-order valence-electron chi connectivity index (χ0n) is 14.6. The number of aryl methyl sites for hydroxylation is 1. The van der Waals surface area contributed by atoms with Gasteiger partial charge < -0.3 is 15.4 Å². The number of rotatable bonds is 5. The van der Waals surface area contributed by atoms with Gasteiger partial charge in [0.15, 0.2) is 0 Å². The molecule has 5 nitrogen and oxygen atoms in total. The van der Waals surface area contributed by atoms with Gasteiger partial charge in [-0.15, -0.1) is 0 Å². The number of alkyl halides is 3. The molecular weight excluding hydrogens is 357 g/mol. The van der Waals surface area contributed by atoms with Gasteiger partial charge >= 0.3 is 6.18 Å². The van der Waals surface area contributed by atoms with Crippen molar-refractivity contribution in [1.29, 1.82) is 0 Å². The van der Waals surface area contributed by atoms with Crippen LogP contribution in [0.5, 0.6) is 5.75 Å². The van der Waals surface area contributed by atoms with E-state index < -0.39 is 11.7 Å². The quantitative estimate of drug-likeness (QED) is 0.635. The topological polar surface area (TPSA) is 59.1 Å². The maximum absolute atomic E-state index is 12.9. The summed E-state index contributed by atoms with van der Waals surface area (Å²) < 4.78 is 43.7. The molecule has 0 aliphatic carbocycles. The van der Waals surface area contributed by atoms with Crippen molar-refractivity contribution in [3.05, 3.63) is 65.9 Å². The Bertz CT molecular complexity index is 927. The van der Waals surface area contributed by atoms with Crippen LogP contribution in [-0.2, 0) is 6.18 Å². The summed E-state index contributed by atoms with van der Waals surface area (Å²) in [4.78, 5) is 8.61. The number of anilines is 4. The Labute approximate surface area is 154 Å². The molecular formula is C19H17F3N4O. The van der Waals surface area contributed by atoms with Gasteiger partial charge in [0.25, 0.3) is 0 Å². The maximum atomic E-state index is 12.9. The van der Waals surface area contributed by atoms with E-state index in [0.717, 1.165) is 23.6 Å². The van der Waals surface area contributed by atoms with Gasteiger partial charge in [-0.3, -0.25) is 0 Å². The molecule has 0 radical (unpaired) electrons. The molecule has 0 saturated carbocycles. The van der Waals surface area contributed by atoms with E-state index >= 15 is 0 Å². The highest BCUT2D eigenvalue weighted by atomic mass is 19.4. The smallest absolute Gasteiger partial charge is 0.416 e. The number of hydrogen-bond donors (Lipinski definition) is 2. The van der Waals surface area contributed by atoms with Crippen molar-refractivity contribution in [2.45, 2.75) is 13.1 Å². The molecule has 3 rings (SSSR count). The summed E-state index contributed by atoms with van der Waals surface area (Å²) in [5.41, 5.74) is 0.982. The second-order valence-corrected chi connectivity index (χ2v) is 5.78. The lowest BCUT2D eigenvalue weighted by molar-refractivity contribution is -0.137. The van der Waals surface area contributed by atoms with Gasteiger partial charge in [0, 0.05) is 23.1 Å². The van der Waals surface area contributed by atoms with E-state index in [1.807, 2.05) is 12.1 Å². The summed E-state index contributed by atoms with van der Waals surface area (Å²) in [6, 6.07) is 13.8. The van der Waals surface area contributed by atoms with E-state index in [1.54, 1.807) is 38.3 Å². The summed E-state index contributed by atoms with van der Waals surface area (Å²) >= 11 is 0.